The number of hydrogen-bond donors (Lipinski definition) is 1. The first-order valence-electron chi connectivity index (χ1n) is 6.54. The largest absolute Gasteiger partial charge is 0.478 e. The fraction of sp³-hybridized carbons (Fsp3) is 0.333. The van der Waals surface area contributed by atoms with Gasteiger partial charge in [0.1, 0.15) is 5.01 Å². The zero-order valence-electron chi connectivity index (χ0n) is 10.9. The second-order valence-electron chi connectivity index (χ2n) is 4.91. The summed E-state index contributed by atoms with van der Waals surface area (Å²) in [6.45, 7) is 1.42. The zero-order valence-corrected chi connectivity index (χ0v) is 11.7. The van der Waals surface area contributed by atoms with E-state index in [1.54, 1.807) is 23.5 Å². The van der Waals surface area contributed by atoms with Gasteiger partial charge in [-0.1, -0.05) is 12.1 Å². The molecule has 1 aliphatic heterocycles. The van der Waals surface area contributed by atoms with E-state index in [1.807, 2.05) is 23.7 Å². The average Bonchev–Trinajstić information content (AvgIpc) is 3.03. The van der Waals surface area contributed by atoms with Crippen molar-refractivity contribution in [1.82, 2.24) is 4.98 Å². The molecule has 0 saturated carbocycles. The summed E-state index contributed by atoms with van der Waals surface area (Å²) in [7, 11) is 0. The minimum atomic E-state index is -0.896. The molecule has 1 fully saturated rings. The first-order chi connectivity index (χ1) is 9.72. The molecular formula is C15H15NO3S. The molecule has 1 aliphatic rings. The first kappa shape index (κ1) is 13.3. The van der Waals surface area contributed by atoms with Crippen molar-refractivity contribution >= 4 is 17.3 Å². The van der Waals surface area contributed by atoms with E-state index in [1.165, 1.54) is 0 Å². The molecule has 1 aromatic carbocycles. The van der Waals surface area contributed by atoms with E-state index < -0.39 is 5.97 Å². The lowest BCUT2D eigenvalue weighted by atomic mass is 9.74. The van der Waals surface area contributed by atoms with Crippen LogP contribution in [-0.2, 0) is 10.2 Å². The number of rotatable bonds is 3. The molecular weight excluding hydrogens is 274 g/mol. The molecule has 0 radical (unpaired) electrons. The van der Waals surface area contributed by atoms with E-state index in [2.05, 4.69) is 4.98 Å². The van der Waals surface area contributed by atoms with Crippen molar-refractivity contribution in [3.05, 3.63) is 52.0 Å². The quantitative estimate of drug-likeness (QED) is 0.943. The zero-order chi connectivity index (χ0) is 14.0. The number of ether oxygens (including phenoxy) is 1. The maximum atomic E-state index is 11.0. The van der Waals surface area contributed by atoms with Gasteiger partial charge in [-0.25, -0.2) is 9.78 Å². The standard InChI is InChI=1S/C15H15NO3S/c17-13(18)11-1-3-12(4-2-11)15(5-8-19-9-6-15)14-16-7-10-20-14/h1-4,7,10H,5-6,8-9H2,(H,17,18). The first-order valence-corrected chi connectivity index (χ1v) is 7.42. The normalized spacial score (nSPS) is 17.8. The Morgan fingerprint density at radius 3 is 2.50 bits per heavy atom. The van der Waals surface area contributed by atoms with E-state index in [0.29, 0.717) is 18.8 Å². The lowest BCUT2D eigenvalue weighted by Gasteiger charge is -2.36. The molecule has 3 rings (SSSR count). The highest BCUT2D eigenvalue weighted by atomic mass is 32.1. The summed E-state index contributed by atoms with van der Waals surface area (Å²) in [6, 6.07) is 7.16. The summed E-state index contributed by atoms with van der Waals surface area (Å²) in [6.07, 6.45) is 3.59. The van der Waals surface area contributed by atoms with E-state index in [0.717, 1.165) is 23.4 Å². The third-order valence-electron chi connectivity index (χ3n) is 3.87. The maximum absolute atomic E-state index is 11.0. The Bertz CT molecular complexity index is 586. The van der Waals surface area contributed by atoms with Crippen LogP contribution in [0.3, 0.4) is 0 Å². The van der Waals surface area contributed by atoms with Crippen LogP contribution in [0.15, 0.2) is 35.8 Å². The molecule has 2 aromatic rings. The summed E-state index contributed by atoms with van der Waals surface area (Å²) >= 11 is 1.65. The Morgan fingerprint density at radius 1 is 1.25 bits per heavy atom. The number of carboxylic acid groups (broad SMARTS) is 1. The van der Waals surface area contributed by atoms with Crippen LogP contribution >= 0.6 is 11.3 Å². The van der Waals surface area contributed by atoms with Crippen molar-refractivity contribution < 1.29 is 14.6 Å². The maximum Gasteiger partial charge on any atom is 0.335 e. The second kappa shape index (κ2) is 5.34. The monoisotopic (exact) mass is 289 g/mol. The van der Waals surface area contributed by atoms with E-state index in [-0.39, 0.29) is 5.41 Å². The highest BCUT2D eigenvalue weighted by Gasteiger charge is 2.38. The van der Waals surface area contributed by atoms with Crippen LogP contribution in [0.2, 0.25) is 0 Å². The molecule has 0 spiro atoms. The van der Waals surface area contributed by atoms with Gasteiger partial charge in [0.15, 0.2) is 0 Å². The van der Waals surface area contributed by atoms with Crippen molar-refractivity contribution in [1.29, 1.82) is 0 Å². The highest BCUT2D eigenvalue weighted by Crippen LogP contribution is 2.42. The van der Waals surface area contributed by atoms with Crippen LogP contribution in [0.1, 0.15) is 33.8 Å². The summed E-state index contributed by atoms with van der Waals surface area (Å²) in [5, 5.41) is 12.1. The number of aromatic nitrogens is 1. The molecule has 4 nitrogen and oxygen atoms in total. The lowest BCUT2D eigenvalue weighted by molar-refractivity contribution is 0.0628. The SMILES string of the molecule is O=C(O)c1ccc(C2(c3nccs3)CCOCC2)cc1. The number of carboxylic acids is 1. The number of thiazole rings is 1. The van der Waals surface area contributed by atoms with Gasteiger partial charge >= 0.3 is 5.97 Å². The van der Waals surface area contributed by atoms with Crippen LogP contribution < -0.4 is 0 Å². The van der Waals surface area contributed by atoms with Gasteiger partial charge in [-0.3, -0.25) is 0 Å². The van der Waals surface area contributed by atoms with Crippen molar-refractivity contribution in [2.24, 2.45) is 0 Å². The Kier molecular flexibility index (Phi) is 3.54. The van der Waals surface area contributed by atoms with Gasteiger partial charge in [0.25, 0.3) is 0 Å². The Labute approximate surface area is 121 Å². The van der Waals surface area contributed by atoms with E-state index in [4.69, 9.17) is 9.84 Å². The molecule has 0 unspecified atom stereocenters. The van der Waals surface area contributed by atoms with E-state index in [9.17, 15) is 4.79 Å². The molecule has 1 saturated heterocycles. The van der Waals surface area contributed by atoms with Gasteiger partial charge in [-0.15, -0.1) is 11.3 Å². The highest BCUT2D eigenvalue weighted by molar-refractivity contribution is 7.09. The Hall–Kier alpha value is -1.72. The van der Waals surface area contributed by atoms with Gasteiger partial charge in [0, 0.05) is 24.8 Å². The molecule has 0 bridgehead atoms. The van der Waals surface area contributed by atoms with E-state index >= 15 is 0 Å². The molecule has 5 heteroatoms. The van der Waals surface area contributed by atoms with Gasteiger partial charge in [-0.2, -0.15) is 0 Å². The molecule has 0 atom stereocenters. The van der Waals surface area contributed by atoms with Gasteiger partial charge in [0.05, 0.1) is 11.0 Å². The minimum Gasteiger partial charge on any atom is -0.478 e. The predicted molar refractivity (Wildman–Crippen MR) is 76.3 cm³/mol. The number of nitrogens with zero attached hydrogens (tertiary/aromatic N) is 1. The second-order valence-corrected chi connectivity index (χ2v) is 5.81. The smallest absolute Gasteiger partial charge is 0.335 e. The number of hydrogen-bond acceptors (Lipinski definition) is 4. The number of aromatic carboxylic acids is 1. The fourth-order valence-corrected chi connectivity index (χ4v) is 3.66. The van der Waals surface area contributed by atoms with Crippen LogP contribution in [-0.4, -0.2) is 29.3 Å². The third-order valence-corrected chi connectivity index (χ3v) is 4.85. The lowest BCUT2D eigenvalue weighted by Crippen LogP contribution is -2.34. The molecule has 1 aromatic heterocycles. The summed E-state index contributed by atoms with van der Waals surface area (Å²) in [4.78, 5) is 15.5. The topological polar surface area (TPSA) is 59.4 Å². The summed E-state index contributed by atoms with van der Waals surface area (Å²) in [5.74, 6) is -0.896. The van der Waals surface area contributed by atoms with Crippen molar-refractivity contribution in [3.8, 4) is 0 Å². The molecule has 0 aliphatic carbocycles. The molecule has 20 heavy (non-hydrogen) atoms. The van der Waals surface area contributed by atoms with Crippen molar-refractivity contribution in [2.75, 3.05) is 13.2 Å². The van der Waals surface area contributed by atoms with Gasteiger partial charge < -0.3 is 9.84 Å². The van der Waals surface area contributed by atoms with Crippen LogP contribution in [0.5, 0.6) is 0 Å². The Morgan fingerprint density at radius 2 is 1.95 bits per heavy atom. The van der Waals surface area contributed by atoms with Gasteiger partial charge in [-0.05, 0) is 30.5 Å². The summed E-state index contributed by atoms with van der Waals surface area (Å²) in [5.41, 5.74) is 1.31. The minimum absolute atomic E-state index is 0.135. The number of benzene rings is 1. The molecule has 0 amide bonds. The average molecular weight is 289 g/mol. The van der Waals surface area contributed by atoms with Crippen LogP contribution in [0.25, 0.3) is 0 Å². The summed E-state index contributed by atoms with van der Waals surface area (Å²) < 4.78 is 5.49. The Balaban J connectivity index is 2.03. The molecule has 2 heterocycles. The van der Waals surface area contributed by atoms with Crippen LogP contribution in [0, 0.1) is 0 Å². The predicted octanol–water partition coefficient (Wildman–Crippen LogP) is 2.94. The fourth-order valence-electron chi connectivity index (χ4n) is 2.74. The molecule has 104 valence electrons. The van der Waals surface area contributed by atoms with Gasteiger partial charge in [0.2, 0.25) is 0 Å². The van der Waals surface area contributed by atoms with Crippen molar-refractivity contribution in [2.45, 2.75) is 18.3 Å². The molecule has 1 N–H and O–H groups in total. The van der Waals surface area contributed by atoms with Crippen LogP contribution in [0.4, 0.5) is 0 Å². The third kappa shape index (κ3) is 2.23. The van der Waals surface area contributed by atoms with Crippen molar-refractivity contribution in [3.63, 3.8) is 0 Å². The number of carbonyl (C=O) groups is 1.